The summed E-state index contributed by atoms with van der Waals surface area (Å²) in [5.41, 5.74) is 1.14. The molecule has 0 aromatic heterocycles. The summed E-state index contributed by atoms with van der Waals surface area (Å²) < 4.78 is 0.449. The quantitative estimate of drug-likeness (QED) is 0.316. The zero-order valence-electron chi connectivity index (χ0n) is 12.5. The van der Waals surface area contributed by atoms with Crippen LogP contribution >= 0.6 is 39.7 Å². The molecule has 25 heavy (non-hydrogen) atoms. The van der Waals surface area contributed by atoms with Crippen LogP contribution in [0.5, 0.6) is 0 Å². The first-order valence-electron chi connectivity index (χ1n) is 6.85. The van der Waals surface area contributed by atoms with E-state index in [0.29, 0.717) is 20.7 Å². The summed E-state index contributed by atoms with van der Waals surface area (Å²) >= 11 is 14.3. The molecule has 2 N–H and O–H groups in total. The Hall–Kier alpha value is -2.29. The molecule has 6 nitrogen and oxygen atoms in total. The zero-order valence-corrected chi connectivity index (χ0v) is 15.7. The van der Waals surface area contributed by atoms with E-state index >= 15 is 0 Å². The number of halogens is 2. The van der Waals surface area contributed by atoms with E-state index in [2.05, 4.69) is 26.6 Å². The molecule has 0 saturated carbocycles. The summed E-state index contributed by atoms with van der Waals surface area (Å²) in [6.45, 7) is 0. The summed E-state index contributed by atoms with van der Waals surface area (Å²) in [6, 6.07) is 11.2. The Balaban J connectivity index is 1.97. The van der Waals surface area contributed by atoms with Crippen LogP contribution in [0.15, 0.2) is 53.0 Å². The molecule has 0 spiro atoms. The molecule has 0 aliphatic carbocycles. The van der Waals surface area contributed by atoms with Crippen LogP contribution in [0.1, 0.15) is 5.56 Å². The van der Waals surface area contributed by atoms with Gasteiger partial charge >= 0.3 is 0 Å². The van der Waals surface area contributed by atoms with Crippen molar-refractivity contribution in [3.63, 3.8) is 0 Å². The van der Waals surface area contributed by atoms with E-state index in [9.17, 15) is 14.9 Å². The van der Waals surface area contributed by atoms with Gasteiger partial charge in [0.1, 0.15) is 0 Å². The standard InChI is InChI=1S/C16H11BrClN3O3S/c17-12-9-11(21(23)24)6-7-14(12)19-16(25)20-15(22)8-5-10-3-1-2-4-13(10)18/h1-9H,(H2,19,20,22,25). The van der Waals surface area contributed by atoms with Gasteiger partial charge in [-0.2, -0.15) is 0 Å². The fraction of sp³-hybridized carbons (Fsp3) is 0. The minimum absolute atomic E-state index is 0.0587. The predicted octanol–water partition coefficient (Wildman–Crippen LogP) is 4.54. The Morgan fingerprint density at radius 1 is 1.28 bits per heavy atom. The first-order valence-corrected chi connectivity index (χ1v) is 8.43. The Morgan fingerprint density at radius 2 is 2.00 bits per heavy atom. The number of hydrogen-bond acceptors (Lipinski definition) is 4. The second kappa shape index (κ2) is 8.70. The van der Waals surface area contributed by atoms with Gasteiger partial charge in [-0.15, -0.1) is 0 Å². The molecule has 0 aliphatic rings. The number of nitrogens with one attached hydrogen (secondary N) is 2. The largest absolute Gasteiger partial charge is 0.331 e. The number of nitro groups is 1. The molecule has 0 unspecified atom stereocenters. The van der Waals surface area contributed by atoms with Crippen LogP contribution in [-0.4, -0.2) is 15.9 Å². The molecule has 0 fully saturated rings. The maximum Gasteiger partial charge on any atom is 0.270 e. The van der Waals surface area contributed by atoms with Crippen molar-refractivity contribution < 1.29 is 9.72 Å². The molecule has 1 amide bonds. The maximum atomic E-state index is 11.9. The van der Waals surface area contributed by atoms with Crippen molar-refractivity contribution in [2.75, 3.05) is 5.32 Å². The molecule has 2 aromatic rings. The highest BCUT2D eigenvalue weighted by atomic mass is 79.9. The molecule has 0 saturated heterocycles. The van der Waals surface area contributed by atoms with Gasteiger partial charge in [0.05, 0.1) is 10.6 Å². The second-order valence-corrected chi connectivity index (χ2v) is 6.39. The predicted molar refractivity (Wildman–Crippen MR) is 106 cm³/mol. The van der Waals surface area contributed by atoms with Crippen LogP contribution in [-0.2, 0) is 4.79 Å². The fourth-order valence-electron chi connectivity index (χ4n) is 1.80. The van der Waals surface area contributed by atoms with Gasteiger partial charge in [-0.3, -0.25) is 20.2 Å². The van der Waals surface area contributed by atoms with E-state index in [1.165, 1.54) is 24.3 Å². The van der Waals surface area contributed by atoms with Gasteiger partial charge in [0, 0.05) is 27.7 Å². The van der Waals surface area contributed by atoms with E-state index in [1.54, 1.807) is 24.3 Å². The Bertz CT molecular complexity index is 873. The van der Waals surface area contributed by atoms with E-state index < -0.39 is 10.8 Å². The maximum absolute atomic E-state index is 11.9. The lowest BCUT2D eigenvalue weighted by atomic mass is 10.2. The molecule has 0 radical (unpaired) electrons. The molecular weight excluding hydrogens is 430 g/mol. The Kier molecular flexibility index (Phi) is 6.63. The monoisotopic (exact) mass is 439 g/mol. The summed E-state index contributed by atoms with van der Waals surface area (Å²) in [4.78, 5) is 22.1. The van der Waals surface area contributed by atoms with Crippen molar-refractivity contribution in [2.45, 2.75) is 0 Å². The molecule has 0 aliphatic heterocycles. The van der Waals surface area contributed by atoms with Crippen LogP contribution in [0.4, 0.5) is 11.4 Å². The number of anilines is 1. The van der Waals surface area contributed by atoms with Crippen molar-refractivity contribution in [3.8, 4) is 0 Å². The molecule has 2 rings (SSSR count). The lowest BCUT2D eigenvalue weighted by Gasteiger charge is -2.09. The zero-order chi connectivity index (χ0) is 18.4. The number of hydrogen-bond donors (Lipinski definition) is 2. The number of thiocarbonyl (C=S) groups is 1. The van der Waals surface area contributed by atoms with E-state index in [4.69, 9.17) is 23.8 Å². The average Bonchev–Trinajstić information content (AvgIpc) is 2.55. The number of rotatable bonds is 4. The second-order valence-electron chi connectivity index (χ2n) is 4.72. The molecule has 0 heterocycles. The van der Waals surface area contributed by atoms with Crippen molar-refractivity contribution in [1.82, 2.24) is 5.32 Å². The lowest BCUT2D eigenvalue weighted by Crippen LogP contribution is -2.32. The number of amides is 1. The van der Waals surface area contributed by atoms with Gasteiger partial charge in [-0.05, 0) is 51.9 Å². The minimum Gasteiger partial charge on any atom is -0.331 e. The summed E-state index contributed by atoms with van der Waals surface area (Å²) in [5.74, 6) is -0.435. The third-order valence-corrected chi connectivity index (χ3v) is 4.17. The van der Waals surface area contributed by atoms with E-state index in [0.717, 1.165) is 0 Å². The lowest BCUT2D eigenvalue weighted by molar-refractivity contribution is -0.384. The van der Waals surface area contributed by atoms with Crippen LogP contribution in [0.25, 0.3) is 6.08 Å². The van der Waals surface area contributed by atoms with Crippen LogP contribution in [0.3, 0.4) is 0 Å². The number of benzene rings is 2. The van der Waals surface area contributed by atoms with Gasteiger partial charge in [0.25, 0.3) is 5.69 Å². The van der Waals surface area contributed by atoms with Gasteiger partial charge in [-0.25, -0.2) is 0 Å². The average molecular weight is 441 g/mol. The number of carbonyl (C=O) groups is 1. The SMILES string of the molecule is O=C(C=Cc1ccccc1Cl)NC(=S)Nc1ccc([N+](=O)[O-])cc1Br. The number of carbonyl (C=O) groups excluding carboxylic acids is 1. The summed E-state index contributed by atoms with van der Waals surface area (Å²) in [7, 11) is 0. The van der Waals surface area contributed by atoms with Gasteiger partial charge in [0.15, 0.2) is 5.11 Å². The van der Waals surface area contributed by atoms with Gasteiger partial charge in [-0.1, -0.05) is 29.8 Å². The van der Waals surface area contributed by atoms with E-state index in [1.807, 2.05) is 6.07 Å². The highest BCUT2D eigenvalue weighted by molar-refractivity contribution is 9.10. The molecule has 2 aromatic carbocycles. The number of nitro benzene ring substituents is 1. The molecule has 0 bridgehead atoms. The topological polar surface area (TPSA) is 84.3 Å². The van der Waals surface area contributed by atoms with Crippen LogP contribution < -0.4 is 10.6 Å². The number of nitrogens with zero attached hydrogens (tertiary/aromatic N) is 1. The van der Waals surface area contributed by atoms with Crippen molar-refractivity contribution >= 4 is 68.2 Å². The third-order valence-electron chi connectivity index (χ3n) is 2.97. The molecule has 0 atom stereocenters. The van der Waals surface area contributed by atoms with Gasteiger partial charge < -0.3 is 5.32 Å². The molecule has 128 valence electrons. The highest BCUT2D eigenvalue weighted by Gasteiger charge is 2.10. The third kappa shape index (κ3) is 5.63. The highest BCUT2D eigenvalue weighted by Crippen LogP contribution is 2.27. The van der Waals surface area contributed by atoms with Crippen LogP contribution in [0.2, 0.25) is 5.02 Å². The van der Waals surface area contributed by atoms with Gasteiger partial charge in [0.2, 0.25) is 5.91 Å². The van der Waals surface area contributed by atoms with Crippen molar-refractivity contribution in [1.29, 1.82) is 0 Å². The minimum atomic E-state index is -0.506. The van der Waals surface area contributed by atoms with Crippen LogP contribution in [0, 0.1) is 10.1 Å². The fourth-order valence-corrected chi connectivity index (χ4v) is 2.68. The van der Waals surface area contributed by atoms with E-state index in [-0.39, 0.29) is 10.8 Å². The Labute approximate surface area is 162 Å². The normalized spacial score (nSPS) is 10.5. The molecule has 9 heteroatoms. The smallest absolute Gasteiger partial charge is 0.270 e. The van der Waals surface area contributed by atoms with Crippen molar-refractivity contribution in [3.05, 3.63) is 73.7 Å². The summed E-state index contributed by atoms with van der Waals surface area (Å²) in [5, 5.41) is 16.6. The first-order chi connectivity index (χ1) is 11.9. The summed E-state index contributed by atoms with van der Waals surface area (Å²) in [6.07, 6.45) is 2.88. The molecular formula is C16H11BrClN3O3S. The number of non-ortho nitro benzene ring substituents is 1. The van der Waals surface area contributed by atoms with Crippen molar-refractivity contribution in [2.24, 2.45) is 0 Å². The Morgan fingerprint density at radius 3 is 2.64 bits per heavy atom. The first kappa shape index (κ1) is 19.0.